The first-order valence-corrected chi connectivity index (χ1v) is 11.6. The van der Waals surface area contributed by atoms with Gasteiger partial charge in [0.25, 0.3) is 5.56 Å². The molecule has 144 valence electrons. The van der Waals surface area contributed by atoms with E-state index in [1.165, 1.54) is 13.1 Å². The second kappa shape index (κ2) is 6.77. The number of nitrogens with one attached hydrogen (secondary N) is 1. The molecule has 0 bridgehead atoms. The van der Waals surface area contributed by atoms with Gasteiger partial charge in [-0.15, -0.1) is 0 Å². The molecule has 1 fully saturated rings. The van der Waals surface area contributed by atoms with E-state index in [4.69, 9.17) is 4.74 Å². The van der Waals surface area contributed by atoms with Crippen molar-refractivity contribution in [3.8, 4) is 6.07 Å². The summed E-state index contributed by atoms with van der Waals surface area (Å²) in [5.74, 6) is -0.983. The van der Waals surface area contributed by atoms with Gasteiger partial charge in [0.05, 0.1) is 19.9 Å². The zero-order valence-electron chi connectivity index (χ0n) is 16.0. The van der Waals surface area contributed by atoms with Crippen molar-refractivity contribution in [1.82, 2.24) is 9.55 Å². The van der Waals surface area contributed by atoms with E-state index in [1.807, 2.05) is 39.9 Å². The first-order chi connectivity index (χ1) is 11.8. The minimum Gasteiger partial charge on any atom is -0.394 e. The highest BCUT2D eigenvalue weighted by molar-refractivity contribution is 6.81. The lowest BCUT2D eigenvalue weighted by Gasteiger charge is -2.43. The van der Waals surface area contributed by atoms with Crippen molar-refractivity contribution in [1.29, 1.82) is 5.26 Å². The summed E-state index contributed by atoms with van der Waals surface area (Å²) in [6, 6.07) is 2.01. The van der Waals surface area contributed by atoms with Crippen molar-refractivity contribution in [2.24, 2.45) is 5.92 Å². The van der Waals surface area contributed by atoms with Gasteiger partial charge in [0.1, 0.15) is 18.1 Å². The summed E-state index contributed by atoms with van der Waals surface area (Å²) in [6.07, 6.45) is -2.07. The third-order valence-electron chi connectivity index (χ3n) is 5.86. The molecule has 1 aromatic heterocycles. The molecule has 0 spiro atoms. The lowest BCUT2D eigenvalue weighted by molar-refractivity contribution is -0.0641. The van der Waals surface area contributed by atoms with Crippen molar-refractivity contribution < 1.29 is 14.9 Å². The largest absolute Gasteiger partial charge is 0.394 e. The second-order valence-electron chi connectivity index (χ2n) is 8.53. The molecule has 3 N–H and O–H groups in total. The van der Waals surface area contributed by atoms with Crippen LogP contribution in [0.15, 0.2) is 15.8 Å². The number of aliphatic hydroxyl groups is 2. The molecule has 8 nitrogen and oxygen atoms in total. The Labute approximate surface area is 153 Å². The van der Waals surface area contributed by atoms with Crippen molar-refractivity contribution in [2.75, 3.05) is 0 Å². The van der Waals surface area contributed by atoms with E-state index in [2.05, 4.69) is 4.98 Å². The number of aromatic amines is 1. The minimum atomic E-state index is -2.30. The molecule has 1 saturated heterocycles. The van der Waals surface area contributed by atoms with E-state index in [0.29, 0.717) is 0 Å². The number of hydrogen-bond donors (Lipinski definition) is 3. The highest BCUT2D eigenvalue weighted by atomic mass is 28.3. The summed E-state index contributed by atoms with van der Waals surface area (Å²) in [4.78, 5) is 25.9. The standard InChI is InChI=1S/C17H27N3O5Si/c1-9-8-20(16(24)19-13(9)22)14-11(21)10(7-18)12(25-14)15(23)26(5,6)17(2,3)4/h8,10-12,14-15,21,23H,1-6H3,(H,19,22,24)/t10-,11-,12-,14?,15?/m0/s1. The van der Waals surface area contributed by atoms with Crippen LogP contribution in [0.4, 0.5) is 0 Å². The molecular formula is C17H27N3O5Si. The Morgan fingerprint density at radius 3 is 2.46 bits per heavy atom. The molecule has 0 aliphatic carbocycles. The molecule has 1 aromatic rings. The maximum Gasteiger partial charge on any atom is 0.330 e. The van der Waals surface area contributed by atoms with E-state index >= 15 is 0 Å². The summed E-state index contributed by atoms with van der Waals surface area (Å²) in [7, 11) is -2.30. The number of aromatic nitrogens is 2. The molecule has 2 heterocycles. The number of rotatable bonds is 3. The summed E-state index contributed by atoms with van der Waals surface area (Å²) < 4.78 is 6.91. The number of H-pyrrole nitrogens is 1. The predicted molar refractivity (Wildman–Crippen MR) is 98.3 cm³/mol. The topological polar surface area (TPSA) is 128 Å². The normalized spacial score (nSPS) is 28.0. The van der Waals surface area contributed by atoms with Crippen LogP contribution in [0.1, 0.15) is 32.6 Å². The van der Waals surface area contributed by atoms with Gasteiger partial charge < -0.3 is 14.9 Å². The van der Waals surface area contributed by atoms with Crippen LogP contribution in [0.25, 0.3) is 0 Å². The van der Waals surface area contributed by atoms with Gasteiger partial charge in [-0.05, 0) is 12.0 Å². The molecule has 1 aliphatic heterocycles. The summed E-state index contributed by atoms with van der Waals surface area (Å²) in [5.41, 5.74) is -1.88. The average Bonchev–Trinajstić information content (AvgIpc) is 2.85. The molecule has 26 heavy (non-hydrogen) atoms. The van der Waals surface area contributed by atoms with Crippen molar-refractivity contribution in [3.05, 3.63) is 32.6 Å². The zero-order chi connectivity index (χ0) is 20.0. The second-order valence-corrected chi connectivity index (χ2v) is 14.1. The van der Waals surface area contributed by atoms with Crippen LogP contribution in [0, 0.1) is 24.2 Å². The molecule has 9 heteroatoms. The fourth-order valence-corrected chi connectivity index (χ4v) is 4.97. The third kappa shape index (κ3) is 3.30. The Bertz CT molecular complexity index is 833. The maximum atomic E-state index is 12.1. The number of nitrogens with zero attached hydrogens (tertiary/aromatic N) is 2. The van der Waals surface area contributed by atoms with Crippen molar-refractivity contribution in [3.63, 3.8) is 0 Å². The van der Waals surface area contributed by atoms with E-state index in [-0.39, 0.29) is 10.6 Å². The highest BCUT2D eigenvalue weighted by Gasteiger charge is 2.54. The lowest BCUT2D eigenvalue weighted by Crippen LogP contribution is -2.56. The van der Waals surface area contributed by atoms with Crippen LogP contribution in [0.3, 0.4) is 0 Å². The van der Waals surface area contributed by atoms with E-state index in [0.717, 1.165) is 4.57 Å². The fraction of sp³-hybridized carbons (Fsp3) is 0.706. The van der Waals surface area contributed by atoms with Crippen LogP contribution < -0.4 is 11.2 Å². The SMILES string of the molecule is Cc1cn(C2O[C@H](C(O)[Si](C)(C)C(C)(C)C)[C@@H](C#N)[C@@H]2O)c(=O)[nH]c1=O. The van der Waals surface area contributed by atoms with Gasteiger partial charge in [-0.1, -0.05) is 33.9 Å². The molecule has 0 radical (unpaired) electrons. The van der Waals surface area contributed by atoms with E-state index in [1.54, 1.807) is 0 Å². The van der Waals surface area contributed by atoms with Crippen LogP contribution in [-0.4, -0.2) is 45.8 Å². The number of ether oxygens (including phenoxy) is 1. The monoisotopic (exact) mass is 381 g/mol. The highest BCUT2D eigenvalue weighted by Crippen LogP contribution is 2.44. The molecule has 0 aromatic carbocycles. The van der Waals surface area contributed by atoms with Crippen LogP contribution in [0.2, 0.25) is 18.1 Å². The van der Waals surface area contributed by atoms with Gasteiger partial charge in [-0.25, -0.2) is 4.79 Å². The molecule has 1 aliphatic rings. The number of nitriles is 1. The summed E-state index contributed by atoms with van der Waals surface area (Å²) in [5, 5.41) is 30.9. The molecule has 2 rings (SSSR count). The number of aliphatic hydroxyl groups excluding tert-OH is 2. The number of hydrogen-bond acceptors (Lipinski definition) is 6. The smallest absolute Gasteiger partial charge is 0.330 e. The first kappa shape index (κ1) is 20.6. The Hall–Kier alpha value is -1.73. The average molecular weight is 382 g/mol. The summed E-state index contributed by atoms with van der Waals surface area (Å²) in [6.45, 7) is 11.6. The molecule has 5 atom stereocenters. The van der Waals surface area contributed by atoms with Gasteiger partial charge in [-0.3, -0.25) is 14.3 Å². The van der Waals surface area contributed by atoms with Crippen molar-refractivity contribution >= 4 is 8.07 Å². The van der Waals surface area contributed by atoms with Gasteiger partial charge in [0.2, 0.25) is 0 Å². The zero-order valence-corrected chi connectivity index (χ0v) is 17.0. The van der Waals surface area contributed by atoms with Crippen LogP contribution in [-0.2, 0) is 4.74 Å². The first-order valence-electron chi connectivity index (χ1n) is 8.56. The predicted octanol–water partition coefficient (Wildman–Crippen LogP) is 0.652. The van der Waals surface area contributed by atoms with Gasteiger partial charge in [-0.2, -0.15) is 5.26 Å². The quantitative estimate of drug-likeness (QED) is 0.660. The lowest BCUT2D eigenvalue weighted by atomic mass is 10.00. The molecule has 2 unspecified atom stereocenters. The van der Waals surface area contributed by atoms with Crippen LogP contribution >= 0.6 is 0 Å². The van der Waals surface area contributed by atoms with Crippen molar-refractivity contribution in [2.45, 2.75) is 70.0 Å². The van der Waals surface area contributed by atoms with Gasteiger partial charge >= 0.3 is 5.69 Å². The Balaban J connectivity index is 2.45. The third-order valence-corrected chi connectivity index (χ3v) is 11.5. The Morgan fingerprint density at radius 2 is 1.96 bits per heavy atom. The Kier molecular flexibility index (Phi) is 5.36. The fourth-order valence-electron chi connectivity index (χ4n) is 2.98. The van der Waals surface area contributed by atoms with E-state index in [9.17, 15) is 25.1 Å². The van der Waals surface area contributed by atoms with Crippen LogP contribution in [0.5, 0.6) is 0 Å². The maximum absolute atomic E-state index is 12.1. The van der Waals surface area contributed by atoms with Gasteiger partial charge in [0, 0.05) is 11.8 Å². The molecule has 0 saturated carbocycles. The molecular weight excluding hydrogens is 354 g/mol. The number of aryl methyl sites for hydroxylation is 1. The van der Waals surface area contributed by atoms with E-state index < -0.39 is 49.4 Å². The van der Waals surface area contributed by atoms with Gasteiger partial charge in [0.15, 0.2) is 6.23 Å². The molecule has 0 amide bonds. The summed E-state index contributed by atoms with van der Waals surface area (Å²) >= 11 is 0. The minimum absolute atomic E-state index is 0.162. The Morgan fingerprint density at radius 1 is 1.38 bits per heavy atom.